The molecule has 0 saturated heterocycles. The number of nitrogens with one attached hydrogen (secondary N) is 1. The summed E-state index contributed by atoms with van der Waals surface area (Å²) < 4.78 is 0. The van der Waals surface area contributed by atoms with Crippen LogP contribution in [0.15, 0.2) is 0 Å². The minimum absolute atomic E-state index is 0.517. The Labute approximate surface area is 99.8 Å². The molecule has 1 rings (SSSR count). The summed E-state index contributed by atoms with van der Waals surface area (Å²) in [4.78, 5) is 0. The molecule has 0 amide bonds. The molecule has 0 aromatic carbocycles. The maximum Gasteiger partial charge on any atom is 0.0746 e. The maximum atomic E-state index is 10.2. The van der Waals surface area contributed by atoms with Crippen molar-refractivity contribution < 1.29 is 5.11 Å². The summed E-state index contributed by atoms with van der Waals surface area (Å²) in [5, 5.41) is 13.7. The van der Waals surface area contributed by atoms with Crippen molar-refractivity contribution >= 4 is 0 Å². The zero-order valence-corrected chi connectivity index (χ0v) is 11.0. The highest BCUT2D eigenvalue weighted by Crippen LogP contribution is 2.25. The molecule has 3 heteroatoms. The van der Waals surface area contributed by atoms with Gasteiger partial charge >= 0.3 is 0 Å². The first-order valence-electron chi connectivity index (χ1n) is 6.60. The first-order valence-corrected chi connectivity index (χ1v) is 6.60. The summed E-state index contributed by atoms with van der Waals surface area (Å²) in [6.07, 6.45) is 4.56. The van der Waals surface area contributed by atoms with Crippen LogP contribution in [-0.4, -0.2) is 29.8 Å². The molecule has 96 valence electrons. The van der Waals surface area contributed by atoms with E-state index in [0.29, 0.717) is 24.4 Å². The van der Waals surface area contributed by atoms with E-state index in [1.807, 2.05) is 6.92 Å². The van der Waals surface area contributed by atoms with Crippen LogP contribution >= 0.6 is 0 Å². The molecule has 1 fully saturated rings. The minimum Gasteiger partial charge on any atom is -0.389 e. The fourth-order valence-electron chi connectivity index (χ4n) is 2.89. The predicted molar refractivity (Wildman–Crippen MR) is 68.3 cm³/mol. The molecule has 0 aromatic rings. The van der Waals surface area contributed by atoms with Crippen LogP contribution in [0.1, 0.15) is 46.5 Å². The van der Waals surface area contributed by atoms with Crippen molar-refractivity contribution in [3.63, 3.8) is 0 Å². The Hall–Kier alpha value is -0.120. The van der Waals surface area contributed by atoms with Gasteiger partial charge in [0.25, 0.3) is 0 Å². The van der Waals surface area contributed by atoms with E-state index in [1.54, 1.807) is 0 Å². The Bertz CT molecular complexity index is 204. The van der Waals surface area contributed by atoms with Gasteiger partial charge in [-0.1, -0.05) is 20.3 Å². The molecule has 3 nitrogen and oxygen atoms in total. The Morgan fingerprint density at radius 1 is 1.44 bits per heavy atom. The Morgan fingerprint density at radius 2 is 2.12 bits per heavy atom. The lowest BCUT2D eigenvalue weighted by atomic mass is 9.93. The summed E-state index contributed by atoms with van der Waals surface area (Å²) in [6, 6.07) is 0.517. The molecule has 0 aromatic heterocycles. The van der Waals surface area contributed by atoms with Gasteiger partial charge in [0.1, 0.15) is 0 Å². The van der Waals surface area contributed by atoms with Gasteiger partial charge in [-0.05, 0) is 44.6 Å². The van der Waals surface area contributed by atoms with Gasteiger partial charge in [0.15, 0.2) is 0 Å². The Balaban J connectivity index is 2.32. The van der Waals surface area contributed by atoms with Gasteiger partial charge in [-0.2, -0.15) is 0 Å². The average molecular weight is 228 g/mol. The third kappa shape index (κ3) is 4.40. The van der Waals surface area contributed by atoms with E-state index in [9.17, 15) is 5.11 Å². The number of aliphatic hydroxyl groups is 1. The zero-order valence-electron chi connectivity index (χ0n) is 11.0. The topological polar surface area (TPSA) is 58.3 Å². The molecule has 0 spiro atoms. The van der Waals surface area contributed by atoms with Crippen molar-refractivity contribution in [3.05, 3.63) is 0 Å². The van der Waals surface area contributed by atoms with Crippen molar-refractivity contribution in [2.45, 2.75) is 58.1 Å². The van der Waals surface area contributed by atoms with Crippen LogP contribution in [0.4, 0.5) is 0 Å². The van der Waals surface area contributed by atoms with Gasteiger partial charge in [0.2, 0.25) is 0 Å². The third-order valence-electron chi connectivity index (χ3n) is 3.55. The average Bonchev–Trinajstić information content (AvgIpc) is 2.59. The highest BCUT2D eigenvalue weighted by Gasteiger charge is 2.29. The normalized spacial score (nSPS) is 29.6. The molecular weight excluding hydrogens is 200 g/mol. The van der Waals surface area contributed by atoms with Crippen molar-refractivity contribution in [3.8, 4) is 0 Å². The third-order valence-corrected chi connectivity index (χ3v) is 3.55. The lowest BCUT2D eigenvalue weighted by molar-refractivity contribution is 0.0347. The van der Waals surface area contributed by atoms with Crippen LogP contribution in [0.3, 0.4) is 0 Å². The van der Waals surface area contributed by atoms with Crippen molar-refractivity contribution in [2.75, 3.05) is 13.1 Å². The van der Waals surface area contributed by atoms with Crippen molar-refractivity contribution in [2.24, 2.45) is 17.6 Å². The molecule has 0 radical (unpaired) electrons. The van der Waals surface area contributed by atoms with Gasteiger partial charge in [0.05, 0.1) is 5.60 Å². The van der Waals surface area contributed by atoms with Gasteiger partial charge in [-0.15, -0.1) is 0 Å². The Kier molecular flexibility index (Phi) is 5.22. The van der Waals surface area contributed by atoms with E-state index >= 15 is 0 Å². The Morgan fingerprint density at radius 3 is 2.69 bits per heavy atom. The summed E-state index contributed by atoms with van der Waals surface area (Å²) in [5.74, 6) is 1.14. The molecule has 4 N–H and O–H groups in total. The molecule has 16 heavy (non-hydrogen) atoms. The molecule has 0 heterocycles. The van der Waals surface area contributed by atoms with E-state index in [-0.39, 0.29) is 0 Å². The summed E-state index contributed by atoms with van der Waals surface area (Å²) in [6.45, 7) is 7.67. The SMILES string of the molecule is CC(C)CC(C)(O)CNC1CCCC1CN. The molecular formula is C13H28N2O. The molecule has 1 aliphatic rings. The van der Waals surface area contributed by atoms with E-state index in [2.05, 4.69) is 19.2 Å². The zero-order chi connectivity index (χ0) is 12.2. The van der Waals surface area contributed by atoms with E-state index in [0.717, 1.165) is 13.0 Å². The lowest BCUT2D eigenvalue weighted by Crippen LogP contribution is -2.45. The molecule has 0 aliphatic heterocycles. The van der Waals surface area contributed by atoms with Gasteiger partial charge < -0.3 is 16.2 Å². The van der Waals surface area contributed by atoms with E-state index in [4.69, 9.17) is 5.73 Å². The lowest BCUT2D eigenvalue weighted by Gasteiger charge is -2.29. The monoisotopic (exact) mass is 228 g/mol. The second kappa shape index (κ2) is 5.99. The van der Waals surface area contributed by atoms with Gasteiger partial charge in [-0.25, -0.2) is 0 Å². The highest BCUT2D eigenvalue weighted by molar-refractivity contribution is 4.87. The highest BCUT2D eigenvalue weighted by atomic mass is 16.3. The van der Waals surface area contributed by atoms with Gasteiger partial charge in [-0.3, -0.25) is 0 Å². The summed E-state index contributed by atoms with van der Waals surface area (Å²) in [7, 11) is 0. The maximum absolute atomic E-state index is 10.2. The number of nitrogens with two attached hydrogens (primary N) is 1. The molecule has 1 saturated carbocycles. The first kappa shape index (κ1) is 13.9. The summed E-state index contributed by atoms with van der Waals surface area (Å²) in [5.41, 5.74) is 5.15. The van der Waals surface area contributed by atoms with E-state index < -0.39 is 5.60 Å². The number of hydrogen-bond acceptors (Lipinski definition) is 3. The van der Waals surface area contributed by atoms with Crippen LogP contribution in [0.25, 0.3) is 0 Å². The number of hydrogen-bond donors (Lipinski definition) is 3. The van der Waals surface area contributed by atoms with Crippen LogP contribution in [-0.2, 0) is 0 Å². The van der Waals surface area contributed by atoms with Crippen LogP contribution in [0, 0.1) is 11.8 Å². The minimum atomic E-state index is -0.587. The van der Waals surface area contributed by atoms with Crippen LogP contribution < -0.4 is 11.1 Å². The fourth-order valence-corrected chi connectivity index (χ4v) is 2.89. The standard InChI is InChI=1S/C13H28N2O/c1-10(2)7-13(3,16)9-15-12-6-4-5-11(12)8-14/h10-12,15-16H,4-9,14H2,1-3H3. The predicted octanol–water partition coefficient (Wildman–Crippen LogP) is 1.50. The van der Waals surface area contributed by atoms with Crippen LogP contribution in [0.2, 0.25) is 0 Å². The van der Waals surface area contributed by atoms with Crippen LogP contribution in [0.5, 0.6) is 0 Å². The second-order valence-electron chi connectivity index (χ2n) is 6.01. The van der Waals surface area contributed by atoms with Gasteiger partial charge in [0, 0.05) is 12.6 Å². The van der Waals surface area contributed by atoms with Crippen molar-refractivity contribution in [1.29, 1.82) is 0 Å². The quantitative estimate of drug-likeness (QED) is 0.646. The molecule has 3 atom stereocenters. The smallest absolute Gasteiger partial charge is 0.0746 e. The molecule has 0 bridgehead atoms. The second-order valence-corrected chi connectivity index (χ2v) is 6.01. The molecule has 3 unspecified atom stereocenters. The van der Waals surface area contributed by atoms with Crippen molar-refractivity contribution in [1.82, 2.24) is 5.32 Å². The largest absolute Gasteiger partial charge is 0.389 e. The summed E-state index contributed by atoms with van der Waals surface area (Å²) >= 11 is 0. The number of rotatable bonds is 6. The first-order chi connectivity index (χ1) is 7.44. The van der Waals surface area contributed by atoms with E-state index in [1.165, 1.54) is 19.3 Å². The molecule has 1 aliphatic carbocycles. The fraction of sp³-hybridized carbons (Fsp3) is 1.00.